The molecule has 100 valence electrons. The molecule has 0 bridgehead atoms. The van der Waals surface area contributed by atoms with Crippen LogP contribution in [-0.2, 0) is 13.0 Å². The van der Waals surface area contributed by atoms with E-state index in [9.17, 15) is 5.11 Å². The summed E-state index contributed by atoms with van der Waals surface area (Å²) in [6.45, 7) is 0.473. The molecule has 0 radical (unpaired) electrons. The van der Waals surface area contributed by atoms with E-state index in [2.05, 4.69) is 9.55 Å². The third kappa shape index (κ3) is 2.31. The van der Waals surface area contributed by atoms with E-state index in [0.717, 1.165) is 22.6 Å². The molecule has 1 aliphatic heterocycles. The number of thioether (sulfide) groups is 1. The summed E-state index contributed by atoms with van der Waals surface area (Å²) in [5.41, 5.74) is 7.96. The van der Waals surface area contributed by atoms with Gasteiger partial charge in [0.1, 0.15) is 5.75 Å². The van der Waals surface area contributed by atoms with Crippen LogP contribution in [0.15, 0.2) is 29.3 Å². The molecule has 0 fully saturated rings. The Morgan fingerprint density at radius 1 is 1.53 bits per heavy atom. The van der Waals surface area contributed by atoms with Gasteiger partial charge in [0.2, 0.25) is 0 Å². The molecule has 2 heterocycles. The van der Waals surface area contributed by atoms with Gasteiger partial charge in [-0.1, -0.05) is 0 Å². The number of H-pyrrole nitrogens is 1. The molecule has 1 atom stereocenters. The summed E-state index contributed by atoms with van der Waals surface area (Å²) in [7, 11) is 0. The number of nitrogens with zero attached hydrogens (tertiary/aromatic N) is 1. The predicted octanol–water partition coefficient (Wildman–Crippen LogP) is 2.60. The van der Waals surface area contributed by atoms with Crippen LogP contribution >= 0.6 is 24.0 Å². The van der Waals surface area contributed by atoms with E-state index < -0.39 is 0 Å². The quantitative estimate of drug-likeness (QED) is 0.745. The van der Waals surface area contributed by atoms with E-state index >= 15 is 0 Å². The fourth-order valence-corrected chi connectivity index (χ4v) is 3.96. The van der Waals surface area contributed by atoms with Gasteiger partial charge in [-0.25, -0.2) is 0 Å². The van der Waals surface area contributed by atoms with E-state index in [0.29, 0.717) is 12.3 Å². The van der Waals surface area contributed by atoms with Gasteiger partial charge in [-0.2, -0.15) is 0 Å². The number of imidazole rings is 1. The van der Waals surface area contributed by atoms with Crippen LogP contribution in [0.3, 0.4) is 0 Å². The number of phenols is 1. The fourth-order valence-electron chi connectivity index (χ4n) is 2.50. The van der Waals surface area contributed by atoms with Crippen LogP contribution in [-0.4, -0.2) is 20.4 Å². The van der Waals surface area contributed by atoms with E-state index in [4.69, 9.17) is 18.0 Å². The van der Waals surface area contributed by atoms with E-state index in [1.54, 1.807) is 17.8 Å². The van der Waals surface area contributed by atoms with Crippen LogP contribution in [0.5, 0.6) is 5.75 Å². The summed E-state index contributed by atoms with van der Waals surface area (Å²) in [5.74, 6) is 1.29. The molecule has 6 heteroatoms. The lowest BCUT2D eigenvalue weighted by Crippen LogP contribution is -2.21. The first kappa shape index (κ1) is 12.8. The van der Waals surface area contributed by atoms with E-state index in [1.165, 1.54) is 10.5 Å². The normalized spacial score (nSPS) is 18.3. The second-order valence-corrected chi connectivity index (χ2v) is 6.07. The fraction of sp³-hybridized carbons (Fsp3) is 0.308. The summed E-state index contributed by atoms with van der Waals surface area (Å²) in [6, 6.07) is 5.84. The minimum absolute atomic E-state index is 0.289. The SMILES string of the molecule is NCc1c[nH]c(=S)n1[C@@H]1CSc2ccc(O)cc2C1. The Morgan fingerprint density at radius 2 is 2.37 bits per heavy atom. The maximum Gasteiger partial charge on any atom is 0.177 e. The predicted molar refractivity (Wildman–Crippen MR) is 79.1 cm³/mol. The minimum atomic E-state index is 0.289. The molecule has 4 N–H and O–H groups in total. The first-order valence-corrected chi connectivity index (χ1v) is 7.52. The Hall–Kier alpha value is -1.24. The summed E-state index contributed by atoms with van der Waals surface area (Å²) in [5, 5.41) is 9.60. The zero-order chi connectivity index (χ0) is 13.4. The largest absolute Gasteiger partial charge is 0.508 e. The molecule has 3 rings (SSSR count). The molecule has 2 aromatic rings. The molecule has 0 saturated carbocycles. The van der Waals surface area contributed by atoms with Gasteiger partial charge in [-0.05, 0) is 42.4 Å². The Labute approximate surface area is 120 Å². The van der Waals surface area contributed by atoms with Gasteiger partial charge in [-0.15, -0.1) is 11.8 Å². The van der Waals surface area contributed by atoms with Crippen molar-refractivity contribution in [3.63, 3.8) is 0 Å². The van der Waals surface area contributed by atoms with Crippen molar-refractivity contribution in [3.8, 4) is 5.75 Å². The highest BCUT2D eigenvalue weighted by Crippen LogP contribution is 2.37. The topological polar surface area (TPSA) is 67.0 Å². The smallest absolute Gasteiger partial charge is 0.177 e. The van der Waals surface area contributed by atoms with Gasteiger partial charge >= 0.3 is 0 Å². The zero-order valence-electron chi connectivity index (χ0n) is 10.3. The van der Waals surface area contributed by atoms with Gasteiger partial charge in [0.15, 0.2) is 4.77 Å². The number of fused-ring (bicyclic) bond motifs is 1. The van der Waals surface area contributed by atoms with Crippen molar-refractivity contribution >= 4 is 24.0 Å². The molecule has 0 saturated heterocycles. The van der Waals surface area contributed by atoms with Crippen molar-refractivity contribution < 1.29 is 5.11 Å². The van der Waals surface area contributed by atoms with Crippen molar-refractivity contribution in [2.24, 2.45) is 5.73 Å². The standard InChI is InChI=1S/C13H15N3OS2/c14-5-10-6-15-13(18)16(10)9-3-8-4-11(17)1-2-12(8)19-7-9/h1-2,4,6,9,17H,3,5,7,14H2,(H,15,18)/t9-/m0/s1. The number of benzene rings is 1. The zero-order valence-corrected chi connectivity index (χ0v) is 11.9. The Bertz CT molecular complexity index is 662. The Morgan fingerprint density at radius 3 is 3.16 bits per heavy atom. The van der Waals surface area contributed by atoms with Crippen molar-refractivity contribution in [1.82, 2.24) is 9.55 Å². The third-order valence-electron chi connectivity index (χ3n) is 3.40. The van der Waals surface area contributed by atoms with Crippen LogP contribution in [0.25, 0.3) is 0 Å². The number of nitrogens with two attached hydrogens (primary N) is 1. The maximum absolute atomic E-state index is 9.60. The second-order valence-electron chi connectivity index (χ2n) is 4.62. The molecule has 0 aliphatic carbocycles. The van der Waals surface area contributed by atoms with Crippen LogP contribution < -0.4 is 5.73 Å². The molecule has 1 aliphatic rings. The highest BCUT2D eigenvalue weighted by molar-refractivity contribution is 7.99. The lowest BCUT2D eigenvalue weighted by Gasteiger charge is -2.26. The van der Waals surface area contributed by atoms with Crippen LogP contribution in [0.2, 0.25) is 0 Å². The van der Waals surface area contributed by atoms with Crippen molar-refractivity contribution in [2.75, 3.05) is 5.75 Å². The number of aromatic hydroxyl groups is 1. The highest BCUT2D eigenvalue weighted by atomic mass is 32.2. The maximum atomic E-state index is 9.60. The number of hydrogen-bond acceptors (Lipinski definition) is 4. The number of rotatable bonds is 2. The second kappa shape index (κ2) is 5.03. The molecular weight excluding hydrogens is 278 g/mol. The molecule has 19 heavy (non-hydrogen) atoms. The average molecular weight is 293 g/mol. The lowest BCUT2D eigenvalue weighted by atomic mass is 10.1. The molecule has 4 nitrogen and oxygen atoms in total. The summed E-state index contributed by atoms with van der Waals surface area (Å²) in [6.07, 6.45) is 2.75. The first-order chi connectivity index (χ1) is 9.19. The molecule has 0 unspecified atom stereocenters. The average Bonchev–Trinajstić information content (AvgIpc) is 2.79. The van der Waals surface area contributed by atoms with E-state index in [-0.39, 0.29) is 6.04 Å². The van der Waals surface area contributed by atoms with Gasteiger partial charge in [-0.3, -0.25) is 0 Å². The van der Waals surface area contributed by atoms with Crippen LogP contribution in [0.1, 0.15) is 17.3 Å². The summed E-state index contributed by atoms with van der Waals surface area (Å²) < 4.78 is 2.82. The molecule has 0 amide bonds. The van der Waals surface area contributed by atoms with Crippen LogP contribution in [0, 0.1) is 4.77 Å². The van der Waals surface area contributed by atoms with Crippen LogP contribution in [0.4, 0.5) is 0 Å². The van der Waals surface area contributed by atoms with Gasteiger partial charge in [0.05, 0.1) is 5.69 Å². The third-order valence-corrected chi connectivity index (χ3v) is 4.97. The number of hydrogen-bond donors (Lipinski definition) is 3. The monoisotopic (exact) mass is 293 g/mol. The Kier molecular flexibility index (Phi) is 3.38. The van der Waals surface area contributed by atoms with E-state index in [1.807, 2.05) is 18.3 Å². The van der Waals surface area contributed by atoms with Crippen molar-refractivity contribution in [1.29, 1.82) is 0 Å². The van der Waals surface area contributed by atoms with Gasteiger partial charge in [0.25, 0.3) is 0 Å². The molecule has 1 aromatic carbocycles. The number of nitrogens with one attached hydrogen (secondary N) is 1. The Balaban J connectivity index is 1.97. The number of phenolic OH excluding ortho intramolecular Hbond substituents is 1. The number of aromatic nitrogens is 2. The molecule has 1 aromatic heterocycles. The summed E-state index contributed by atoms with van der Waals surface area (Å²) in [4.78, 5) is 4.30. The summed E-state index contributed by atoms with van der Waals surface area (Å²) >= 11 is 7.14. The lowest BCUT2D eigenvalue weighted by molar-refractivity contribution is 0.470. The molecular formula is C13H15N3OS2. The number of aromatic amines is 1. The minimum Gasteiger partial charge on any atom is -0.508 e. The van der Waals surface area contributed by atoms with Gasteiger partial charge < -0.3 is 20.4 Å². The molecule has 0 spiro atoms. The van der Waals surface area contributed by atoms with Crippen molar-refractivity contribution in [3.05, 3.63) is 40.4 Å². The highest BCUT2D eigenvalue weighted by Gasteiger charge is 2.23. The van der Waals surface area contributed by atoms with Crippen molar-refractivity contribution in [2.45, 2.75) is 23.9 Å². The first-order valence-electron chi connectivity index (χ1n) is 6.12. The van der Waals surface area contributed by atoms with Gasteiger partial charge in [0, 0.05) is 29.4 Å².